The Morgan fingerprint density at radius 1 is 1.10 bits per heavy atom. The number of nitrogens with two attached hydrogens (primary N) is 1. The van der Waals surface area contributed by atoms with Crippen LogP contribution in [0.15, 0.2) is 24.3 Å². The van der Waals surface area contributed by atoms with Crippen molar-refractivity contribution in [3.8, 4) is 0 Å². The molecular formula is C13H17N3O5. The highest BCUT2D eigenvalue weighted by Crippen LogP contribution is 2.08. The summed E-state index contributed by atoms with van der Waals surface area (Å²) < 4.78 is 4.69. The van der Waals surface area contributed by atoms with E-state index in [0.717, 1.165) is 5.56 Å². The molecule has 1 aromatic rings. The number of primary amides is 1. The molecule has 1 aromatic carbocycles. The quantitative estimate of drug-likeness (QED) is 0.475. The molecule has 0 saturated heterocycles. The minimum Gasteiger partial charge on any atom is -0.392 e. The van der Waals surface area contributed by atoms with Gasteiger partial charge in [0.05, 0.1) is 13.2 Å². The summed E-state index contributed by atoms with van der Waals surface area (Å²) in [5.41, 5.74) is 6.11. The van der Waals surface area contributed by atoms with Gasteiger partial charge in [0, 0.05) is 5.69 Å². The number of aliphatic hydroxyl groups excluding tert-OH is 1. The Morgan fingerprint density at radius 2 is 1.76 bits per heavy atom. The Kier molecular flexibility index (Phi) is 6.85. The van der Waals surface area contributed by atoms with Gasteiger partial charge in [0.2, 0.25) is 17.7 Å². The maximum absolute atomic E-state index is 11.6. The molecular weight excluding hydrogens is 278 g/mol. The third kappa shape index (κ3) is 7.04. The number of carbonyl (C=O) groups excluding carboxylic acids is 3. The third-order valence-electron chi connectivity index (χ3n) is 2.34. The molecule has 0 aliphatic rings. The lowest BCUT2D eigenvalue weighted by molar-refractivity contribution is -0.130. The summed E-state index contributed by atoms with van der Waals surface area (Å²) >= 11 is 0. The van der Waals surface area contributed by atoms with Crippen LogP contribution in [0.4, 0.5) is 5.69 Å². The van der Waals surface area contributed by atoms with Crippen LogP contribution in [0.1, 0.15) is 5.56 Å². The van der Waals surface area contributed by atoms with E-state index in [1.807, 2.05) is 0 Å². The predicted molar refractivity (Wildman–Crippen MR) is 74.0 cm³/mol. The van der Waals surface area contributed by atoms with E-state index >= 15 is 0 Å². The topological polar surface area (TPSA) is 131 Å². The lowest BCUT2D eigenvalue weighted by Crippen LogP contribution is -2.35. The number of ether oxygens (including phenoxy) is 1. The molecule has 0 atom stereocenters. The zero-order chi connectivity index (χ0) is 15.7. The molecule has 0 unspecified atom stereocenters. The largest absolute Gasteiger partial charge is 0.392 e. The molecule has 114 valence electrons. The summed E-state index contributed by atoms with van der Waals surface area (Å²) in [6, 6.07) is 6.63. The van der Waals surface area contributed by atoms with Gasteiger partial charge in [-0.3, -0.25) is 14.4 Å². The highest BCUT2D eigenvalue weighted by molar-refractivity contribution is 5.94. The lowest BCUT2D eigenvalue weighted by atomic mass is 10.2. The summed E-state index contributed by atoms with van der Waals surface area (Å²) in [5.74, 6) is -1.61. The van der Waals surface area contributed by atoms with Gasteiger partial charge in [0.15, 0.2) is 0 Å². The fourth-order valence-corrected chi connectivity index (χ4v) is 1.37. The Morgan fingerprint density at radius 3 is 2.33 bits per heavy atom. The van der Waals surface area contributed by atoms with Gasteiger partial charge in [0.1, 0.15) is 13.2 Å². The molecule has 8 nitrogen and oxygen atoms in total. The molecule has 0 bridgehead atoms. The van der Waals surface area contributed by atoms with Gasteiger partial charge in [-0.05, 0) is 17.7 Å². The highest BCUT2D eigenvalue weighted by atomic mass is 16.5. The Balaban J connectivity index is 2.26. The molecule has 0 saturated carbocycles. The molecule has 0 radical (unpaired) electrons. The van der Waals surface area contributed by atoms with Crippen molar-refractivity contribution < 1.29 is 24.2 Å². The van der Waals surface area contributed by atoms with E-state index in [0.29, 0.717) is 5.69 Å². The molecule has 5 N–H and O–H groups in total. The van der Waals surface area contributed by atoms with Crippen molar-refractivity contribution in [3.63, 3.8) is 0 Å². The van der Waals surface area contributed by atoms with Crippen molar-refractivity contribution in [3.05, 3.63) is 29.8 Å². The molecule has 8 heteroatoms. The number of nitrogens with one attached hydrogen (secondary N) is 2. The minimum atomic E-state index is -0.674. The van der Waals surface area contributed by atoms with E-state index in [2.05, 4.69) is 10.6 Å². The standard InChI is InChI=1S/C13H17N3O5/c14-11(18)7-21-8-13(20)15-5-12(19)16-10-3-1-9(6-17)2-4-10/h1-4,17H,5-8H2,(H2,14,18)(H,15,20)(H,16,19). The number of anilines is 1. The number of hydrogen-bond acceptors (Lipinski definition) is 5. The fourth-order valence-electron chi connectivity index (χ4n) is 1.37. The van der Waals surface area contributed by atoms with Crippen LogP contribution in [0.25, 0.3) is 0 Å². The molecule has 0 aliphatic heterocycles. The van der Waals surface area contributed by atoms with E-state index in [-0.39, 0.29) is 26.4 Å². The van der Waals surface area contributed by atoms with Crippen LogP contribution in [0.2, 0.25) is 0 Å². The van der Waals surface area contributed by atoms with Crippen LogP contribution >= 0.6 is 0 Å². The second kappa shape index (κ2) is 8.67. The van der Waals surface area contributed by atoms with E-state index in [1.165, 1.54) is 0 Å². The number of rotatable bonds is 8. The van der Waals surface area contributed by atoms with Crippen LogP contribution in [-0.4, -0.2) is 42.6 Å². The summed E-state index contributed by atoms with van der Waals surface area (Å²) in [6.07, 6.45) is 0. The maximum atomic E-state index is 11.6. The van der Waals surface area contributed by atoms with Crippen molar-refractivity contribution in [2.45, 2.75) is 6.61 Å². The number of amides is 3. The van der Waals surface area contributed by atoms with Crippen molar-refractivity contribution >= 4 is 23.4 Å². The minimum absolute atomic E-state index is 0.0738. The first-order valence-corrected chi connectivity index (χ1v) is 6.13. The van der Waals surface area contributed by atoms with E-state index in [1.54, 1.807) is 24.3 Å². The molecule has 21 heavy (non-hydrogen) atoms. The summed E-state index contributed by atoms with van der Waals surface area (Å²) in [4.78, 5) is 33.2. The number of benzene rings is 1. The van der Waals surface area contributed by atoms with E-state index in [9.17, 15) is 14.4 Å². The van der Waals surface area contributed by atoms with Gasteiger partial charge in [-0.25, -0.2) is 0 Å². The first-order valence-electron chi connectivity index (χ1n) is 6.13. The molecule has 1 rings (SSSR count). The predicted octanol–water partition coefficient (Wildman–Crippen LogP) is -1.26. The molecule has 0 heterocycles. The van der Waals surface area contributed by atoms with Crippen LogP contribution in [0.3, 0.4) is 0 Å². The van der Waals surface area contributed by atoms with E-state index in [4.69, 9.17) is 15.6 Å². The second-order valence-corrected chi connectivity index (χ2v) is 4.14. The van der Waals surface area contributed by atoms with Crippen LogP contribution < -0.4 is 16.4 Å². The number of aliphatic hydroxyl groups is 1. The zero-order valence-corrected chi connectivity index (χ0v) is 11.3. The monoisotopic (exact) mass is 295 g/mol. The molecule has 3 amide bonds. The smallest absolute Gasteiger partial charge is 0.246 e. The van der Waals surface area contributed by atoms with Gasteiger partial charge in [-0.15, -0.1) is 0 Å². The Hall–Kier alpha value is -2.45. The van der Waals surface area contributed by atoms with Crippen LogP contribution in [-0.2, 0) is 25.7 Å². The van der Waals surface area contributed by atoms with Crippen molar-refractivity contribution in [2.24, 2.45) is 5.73 Å². The van der Waals surface area contributed by atoms with Crippen molar-refractivity contribution in [1.82, 2.24) is 5.32 Å². The molecule has 0 fully saturated rings. The Bertz CT molecular complexity index is 501. The normalized spacial score (nSPS) is 9.95. The number of carbonyl (C=O) groups is 3. The summed E-state index contributed by atoms with van der Waals surface area (Å²) in [5, 5.41) is 13.8. The molecule has 0 spiro atoms. The second-order valence-electron chi connectivity index (χ2n) is 4.14. The lowest BCUT2D eigenvalue weighted by Gasteiger charge is -2.07. The molecule has 0 aliphatic carbocycles. The third-order valence-corrected chi connectivity index (χ3v) is 2.34. The highest BCUT2D eigenvalue weighted by Gasteiger charge is 2.06. The van der Waals surface area contributed by atoms with Crippen molar-refractivity contribution in [1.29, 1.82) is 0 Å². The maximum Gasteiger partial charge on any atom is 0.246 e. The van der Waals surface area contributed by atoms with Gasteiger partial charge in [0.25, 0.3) is 0 Å². The van der Waals surface area contributed by atoms with Gasteiger partial charge < -0.3 is 26.2 Å². The Labute approximate surface area is 121 Å². The van der Waals surface area contributed by atoms with Crippen molar-refractivity contribution in [2.75, 3.05) is 25.1 Å². The van der Waals surface area contributed by atoms with Crippen LogP contribution in [0, 0.1) is 0 Å². The van der Waals surface area contributed by atoms with Gasteiger partial charge in [-0.1, -0.05) is 12.1 Å². The summed E-state index contributed by atoms with van der Waals surface area (Å²) in [7, 11) is 0. The number of hydrogen-bond donors (Lipinski definition) is 4. The average Bonchev–Trinajstić information content (AvgIpc) is 2.45. The van der Waals surface area contributed by atoms with Crippen LogP contribution in [0.5, 0.6) is 0 Å². The van der Waals surface area contributed by atoms with E-state index < -0.39 is 17.7 Å². The fraction of sp³-hybridized carbons (Fsp3) is 0.308. The van der Waals surface area contributed by atoms with Gasteiger partial charge in [-0.2, -0.15) is 0 Å². The zero-order valence-electron chi connectivity index (χ0n) is 11.3. The van der Waals surface area contributed by atoms with Gasteiger partial charge >= 0.3 is 0 Å². The first-order chi connectivity index (χ1) is 10.0. The first kappa shape index (κ1) is 16.6. The summed E-state index contributed by atoms with van der Waals surface area (Å²) in [6.45, 7) is -0.992. The average molecular weight is 295 g/mol. The molecule has 0 aromatic heterocycles. The SMILES string of the molecule is NC(=O)COCC(=O)NCC(=O)Nc1ccc(CO)cc1.